The van der Waals surface area contributed by atoms with Crippen molar-refractivity contribution in [1.29, 1.82) is 0 Å². The average molecular weight is 257 g/mol. The third kappa shape index (κ3) is 1.65. The van der Waals surface area contributed by atoms with Crippen molar-refractivity contribution < 1.29 is 9.59 Å². The molecular weight excluding hydrogens is 242 g/mol. The van der Waals surface area contributed by atoms with E-state index in [1.807, 2.05) is 42.7 Å². The molecule has 19 heavy (non-hydrogen) atoms. The second-order valence-electron chi connectivity index (χ2n) is 4.71. The van der Waals surface area contributed by atoms with E-state index in [1.165, 1.54) is 4.90 Å². The normalized spacial score (nSPS) is 19.7. The molecule has 5 heteroatoms. The third-order valence-corrected chi connectivity index (χ3v) is 3.62. The van der Waals surface area contributed by atoms with Crippen molar-refractivity contribution in [2.24, 2.45) is 0 Å². The Balaban J connectivity index is 2.13. The zero-order chi connectivity index (χ0) is 13.6. The Labute approximate surface area is 110 Å². The second-order valence-corrected chi connectivity index (χ2v) is 4.71. The number of hydrogen-bond donors (Lipinski definition) is 0. The van der Waals surface area contributed by atoms with Crippen LogP contribution in [0.5, 0.6) is 0 Å². The predicted octanol–water partition coefficient (Wildman–Crippen LogP) is 1.66. The van der Waals surface area contributed by atoms with Gasteiger partial charge in [-0.3, -0.25) is 14.5 Å². The Morgan fingerprint density at radius 3 is 2.74 bits per heavy atom. The first-order chi connectivity index (χ1) is 9.13. The summed E-state index contributed by atoms with van der Waals surface area (Å²) in [5.74, 6) is 0.540. The predicted molar refractivity (Wildman–Crippen MR) is 70.5 cm³/mol. The van der Waals surface area contributed by atoms with Crippen LogP contribution in [0.4, 0.5) is 0 Å². The van der Waals surface area contributed by atoms with Gasteiger partial charge in [-0.05, 0) is 26.0 Å². The topological polar surface area (TPSA) is 55.2 Å². The van der Waals surface area contributed by atoms with Gasteiger partial charge in [-0.2, -0.15) is 0 Å². The molecule has 5 nitrogen and oxygen atoms in total. The Hall–Kier alpha value is -2.17. The molecule has 2 aromatic rings. The molecule has 0 bridgehead atoms. The van der Waals surface area contributed by atoms with Crippen molar-refractivity contribution in [3.63, 3.8) is 0 Å². The van der Waals surface area contributed by atoms with Crippen molar-refractivity contribution in [2.45, 2.75) is 26.3 Å². The van der Waals surface area contributed by atoms with Crippen LogP contribution in [-0.2, 0) is 9.59 Å². The second kappa shape index (κ2) is 4.19. The number of aromatic nitrogens is 2. The van der Waals surface area contributed by atoms with Crippen molar-refractivity contribution in [1.82, 2.24) is 14.5 Å². The number of imide groups is 1. The minimum Gasteiger partial charge on any atom is -0.315 e. The minimum atomic E-state index is -0.445. The number of carbonyl (C=O) groups is 2. The van der Waals surface area contributed by atoms with E-state index in [2.05, 4.69) is 4.98 Å². The largest absolute Gasteiger partial charge is 0.315 e. The summed E-state index contributed by atoms with van der Waals surface area (Å²) in [6.07, 6.45) is 0.230. The average Bonchev–Trinajstić information content (AvgIpc) is 2.85. The first-order valence-corrected chi connectivity index (χ1v) is 6.41. The number of amides is 2. The fourth-order valence-electron chi connectivity index (χ4n) is 2.76. The molecule has 2 amide bonds. The van der Waals surface area contributed by atoms with Crippen LogP contribution in [0.2, 0.25) is 0 Å². The highest BCUT2D eigenvalue weighted by atomic mass is 16.2. The number of nitrogens with zero attached hydrogens (tertiary/aromatic N) is 3. The van der Waals surface area contributed by atoms with Crippen LogP contribution in [0.1, 0.15) is 25.2 Å². The van der Waals surface area contributed by atoms with Gasteiger partial charge in [0.25, 0.3) is 5.91 Å². The van der Waals surface area contributed by atoms with Gasteiger partial charge in [0.15, 0.2) is 0 Å². The number of rotatable bonds is 2. The molecule has 0 spiro atoms. The van der Waals surface area contributed by atoms with Crippen molar-refractivity contribution in [2.75, 3.05) is 6.54 Å². The van der Waals surface area contributed by atoms with Crippen LogP contribution in [0.25, 0.3) is 11.0 Å². The van der Waals surface area contributed by atoms with Gasteiger partial charge in [-0.1, -0.05) is 12.1 Å². The molecule has 0 saturated carbocycles. The van der Waals surface area contributed by atoms with E-state index >= 15 is 0 Å². The molecule has 0 aliphatic carbocycles. The molecule has 2 heterocycles. The molecule has 0 radical (unpaired) electrons. The highest BCUT2D eigenvalue weighted by molar-refractivity contribution is 6.05. The lowest BCUT2D eigenvalue weighted by Crippen LogP contribution is -2.31. The Morgan fingerprint density at radius 1 is 1.32 bits per heavy atom. The van der Waals surface area contributed by atoms with Crippen LogP contribution < -0.4 is 0 Å². The number of likely N-dealkylation sites (N-methyl/N-ethyl adjacent to an activating group) is 1. The number of aryl methyl sites for hydroxylation is 1. The quantitative estimate of drug-likeness (QED) is 0.769. The maximum Gasteiger partial charge on any atom is 0.252 e. The summed E-state index contributed by atoms with van der Waals surface area (Å²) in [4.78, 5) is 29.9. The SMILES string of the molecule is CCN1C(=O)C[C@@H](n2c(C)nc3ccccc32)C1=O. The fourth-order valence-corrected chi connectivity index (χ4v) is 2.76. The molecule has 1 aromatic heterocycles. The fraction of sp³-hybridized carbons (Fsp3) is 0.357. The molecule has 1 saturated heterocycles. The summed E-state index contributed by atoms with van der Waals surface area (Å²) in [5.41, 5.74) is 1.76. The number of fused-ring (bicyclic) bond motifs is 1. The summed E-state index contributed by atoms with van der Waals surface area (Å²) in [6, 6.07) is 7.23. The van der Waals surface area contributed by atoms with Gasteiger partial charge < -0.3 is 4.57 Å². The Kier molecular flexibility index (Phi) is 2.62. The van der Waals surface area contributed by atoms with E-state index in [-0.39, 0.29) is 18.2 Å². The zero-order valence-corrected chi connectivity index (χ0v) is 11.0. The third-order valence-electron chi connectivity index (χ3n) is 3.62. The van der Waals surface area contributed by atoms with E-state index in [9.17, 15) is 9.59 Å². The monoisotopic (exact) mass is 257 g/mol. The molecule has 1 aliphatic rings. The van der Waals surface area contributed by atoms with Crippen LogP contribution >= 0.6 is 0 Å². The maximum absolute atomic E-state index is 12.3. The van der Waals surface area contributed by atoms with Crippen LogP contribution in [0.15, 0.2) is 24.3 Å². The van der Waals surface area contributed by atoms with Gasteiger partial charge in [-0.15, -0.1) is 0 Å². The number of carbonyl (C=O) groups excluding carboxylic acids is 2. The lowest BCUT2D eigenvalue weighted by molar-refractivity contribution is -0.138. The number of hydrogen-bond acceptors (Lipinski definition) is 3. The molecule has 1 fully saturated rings. The Morgan fingerprint density at radius 2 is 2.05 bits per heavy atom. The van der Waals surface area contributed by atoms with Crippen molar-refractivity contribution in [3.8, 4) is 0 Å². The van der Waals surface area contributed by atoms with Gasteiger partial charge in [-0.25, -0.2) is 4.98 Å². The molecule has 3 rings (SSSR count). The van der Waals surface area contributed by atoms with E-state index in [0.717, 1.165) is 16.9 Å². The van der Waals surface area contributed by atoms with Gasteiger partial charge in [0.2, 0.25) is 5.91 Å². The highest BCUT2D eigenvalue weighted by Crippen LogP contribution is 2.29. The van der Waals surface area contributed by atoms with Crippen LogP contribution in [0, 0.1) is 6.92 Å². The molecule has 1 aromatic carbocycles. The van der Waals surface area contributed by atoms with Gasteiger partial charge in [0.05, 0.1) is 17.5 Å². The molecule has 0 N–H and O–H groups in total. The molecule has 98 valence electrons. The van der Waals surface area contributed by atoms with Crippen molar-refractivity contribution in [3.05, 3.63) is 30.1 Å². The smallest absolute Gasteiger partial charge is 0.252 e. The van der Waals surface area contributed by atoms with E-state index in [1.54, 1.807) is 0 Å². The molecular formula is C14H15N3O2. The molecule has 1 aliphatic heterocycles. The maximum atomic E-state index is 12.3. The summed E-state index contributed by atoms with van der Waals surface area (Å²) in [6.45, 7) is 4.11. The van der Waals surface area contributed by atoms with Gasteiger partial charge >= 0.3 is 0 Å². The Bertz CT molecular complexity index is 674. The minimum absolute atomic E-state index is 0.102. The highest BCUT2D eigenvalue weighted by Gasteiger charge is 2.39. The number of likely N-dealkylation sites (tertiary alicyclic amines) is 1. The van der Waals surface area contributed by atoms with Gasteiger partial charge in [0, 0.05) is 6.54 Å². The van der Waals surface area contributed by atoms with Gasteiger partial charge in [0.1, 0.15) is 11.9 Å². The molecule has 1 atom stereocenters. The summed E-state index contributed by atoms with van der Waals surface area (Å²) < 4.78 is 1.88. The number of benzene rings is 1. The first-order valence-electron chi connectivity index (χ1n) is 6.41. The summed E-state index contributed by atoms with van der Waals surface area (Å²) in [7, 11) is 0. The summed E-state index contributed by atoms with van der Waals surface area (Å²) in [5, 5.41) is 0. The lowest BCUT2D eigenvalue weighted by Gasteiger charge is -2.14. The van der Waals surface area contributed by atoms with E-state index in [4.69, 9.17) is 0 Å². The zero-order valence-electron chi connectivity index (χ0n) is 11.0. The van der Waals surface area contributed by atoms with E-state index < -0.39 is 6.04 Å². The van der Waals surface area contributed by atoms with Crippen LogP contribution in [-0.4, -0.2) is 32.8 Å². The number of imidazole rings is 1. The number of para-hydroxylation sites is 2. The standard InChI is InChI=1S/C14H15N3O2/c1-3-16-13(18)8-12(14(16)19)17-9(2)15-10-6-4-5-7-11(10)17/h4-7,12H,3,8H2,1-2H3/t12-/m1/s1. The lowest BCUT2D eigenvalue weighted by atomic mass is 10.2. The van der Waals surface area contributed by atoms with Crippen LogP contribution in [0.3, 0.4) is 0 Å². The first kappa shape index (κ1) is 11.9. The van der Waals surface area contributed by atoms with E-state index in [0.29, 0.717) is 6.54 Å². The molecule has 0 unspecified atom stereocenters. The van der Waals surface area contributed by atoms with Crippen molar-refractivity contribution >= 4 is 22.8 Å². The summed E-state index contributed by atoms with van der Waals surface area (Å²) >= 11 is 0.